The van der Waals surface area contributed by atoms with Crippen molar-refractivity contribution in [1.29, 1.82) is 0 Å². The summed E-state index contributed by atoms with van der Waals surface area (Å²) in [5.74, 6) is 2.77. The third-order valence-corrected chi connectivity index (χ3v) is 13.4. The number of allylic oxidation sites excluding steroid dienone is 1. The largest absolute Gasteiger partial charge is 0.462 e. The van der Waals surface area contributed by atoms with E-state index in [-0.39, 0.29) is 22.9 Å². The van der Waals surface area contributed by atoms with Crippen LogP contribution in [-0.4, -0.2) is 29.8 Å². The summed E-state index contributed by atoms with van der Waals surface area (Å²) >= 11 is 0. The molecular formula is C32H53NO3. The number of fused-ring (bicyclic) bond motifs is 7. The average Bonchev–Trinajstić information content (AvgIpc) is 3.22. The van der Waals surface area contributed by atoms with Crippen LogP contribution in [-0.2, 0) is 9.53 Å². The van der Waals surface area contributed by atoms with Gasteiger partial charge in [0.05, 0.1) is 6.10 Å². The Bertz CT molecular complexity index is 926. The summed E-state index contributed by atoms with van der Waals surface area (Å²) in [7, 11) is 0. The van der Waals surface area contributed by atoms with Gasteiger partial charge in [-0.05, 0) is 110 Å². The van der Waals surface area contributed by atoms with E-state index in [1.165, 1.54) is 38.5 Å². The monoisotopic (exact) mass is 499 g/mol. The quantitative estimate of drug-likeness (QED) is 0.335. The first-order chi connectivity index (χ1) is 16.9. The van der Waals surface area contributed by atoms with E-state index in [1.54, 1.807) is 18.1 Å². The zero-order valence-electron chi connectivity index (χ0n) is 24.2. The number of aliphatic hydroxyl groups excluding tert-OH is 1. The minimum atomic E-state index is -0.413. The maximum atomic E-state index is 11.8. The van der Waals surface area contributed by atoms with E-state index in [1.807, 2.05) is 0 Å². The molecule has 10 atom stereocenters. The highest BCUT2D eigenvalue weighted by molar-refractivity contribution is 5.66. The molecule has 0 saturated heterocycles. The minimum absolute atomic E-state index is 0.0839. The molecule has 204 valence electrons. The van der Waals surface area contributed by atoms with Gasteiger partial charge >= 0.3 is 5.97 Å². The predicted molar refractivity (Wildman–Crippen MR) is 145 cm³/mol. The van der Waals surface area contributed by atoms with Crippen molar-refractivity contribution in [3.63, 3.8) is 0 Å². The van der Waals surface area contributed by atoms with Crippen molar-refractivity contribution in [1.82, 2.24) is 0 Å². The summed E-state index contributed by atoms with van der Waals surface area (Å²) in [6.45, 7) is 16.9. The Labute approximate surface area is 220 Å². The fourth-order valence-electron chi connectivity index (χ4n) is 11.4. The number of carbonyl (C=O) groups is 1. The molecule has 10 unspecified atom stereocenters. The molecule has 4 heteroatoms. The lowest BCUT2D eigenvalue weighted by molar-refractivity contribution is -0.217. The van der Waals surface area contributed by atoms with Crippen LogP contribution >= 0.6 is 0 Å². The molecule has 0 bridgehead atoms. The van der Waals surface area contributed by atoms with Gasteiger partial charge in [-0.1, -0.05) is 52.7 Å². The molecule has 3 N–H and O–H groups in total. The molecule has 5 aliphatic rings. The zero-order chi connectivity index (χ0) is 26.3. The van der Waals surface area contributed by atoms with Crippen LogP contribution in [0.4, 0.5) is 0 Å². The van der Waals surface area contributed by atoms with Gasteiger partial charge in [0, 0.05) is 18.9 Å². The molecule has 5 aliphatic carbocycles. The highest BCUT2D eigenvalue weighted by Gasteiger charge is 2.69. The SMILES string of the molecule is CC(=O)OC1CCC2(C)C(CCC3(C)C2CCC2C4=C(C(C)C)CCC4(C(O)CN)CCC23C)C1C. The average molecular weight is 500 g/mol. The van der Waals surface area contributed by atoms with Crippen LogP contribution in [0.15, 0.2) is 11.1 Å². The number of carbonyl (C=O) groups excluding carboxylic acids is 1. The highest BCUT2D eigenvalue weighted by atomic mass is 16.5. The second kappa shape index (κ2) is 8.83. The van der Waals surface area contributed by atoms with Crippen LogP contribution in [0.3, 0.4) is 0 Å². The van der Waals surface area contributed by atoms with Gasteiger partial charge in [0.1, 0.15) is 6.10 Å². The number of rotatable bonds is 4. The third kappa shape index (κ3) is 3.41. The van der Waals surface area contributed by atoms with Gasteiger partial charge in [-0.2, -0.15) is 0 Å². The Balaban J connectivity index is 1.52. The molecule has 0 aromatic rings. The molecule has 0 aromatic heterocycles. The Kier molecular flexibility index (Phi) is 6.56. The second-order valence-corrected chi connectivity index (χ2v) is 14.7. The number of esters is 1. The molecule has 0 heterocycles. The molecule has 4 saturated carbocycles. The molecule has 0 aromatic carbocycles. The normalized spacial score (nSPS) is 49.1. The lowest BCUT2D eigenvalue weighted by Gasteiger charge is -2.71. The summed E-state index contributed by atoms with van der Waals surface area (Å²) in [5.41, 5.74) is 10.2. The summed E-state index contributed by atoms with van der Waals surface area (Å²) in [4.78, 5) is 11.8. The maximum absolute atomic E-state index is 11.8. The lowest BCUT2D eigenvalue weighted by atomic mass is 9.34. The van der Waals surface area contributed by atoms with Crippen LogP contribution in [0.2, 0.25) is 0 Å². The van der Waals surface area contributed by atoms with Gasteiger partial charge in [-0.25, -0.2) is 0 Å². The molecule has 4 fully saturated rings. The molecule has 36 heavy (non-hydrogen) atoms. The van der Waals surface area contributed by atoms with Crippen molar-refractivity contribution in [2.24, 2.45) is 57.0 Å². The van der Waals surface area contributed by atoms with E-state index >= 15 is 0 Å². The Morgan fingerprint density at radius 2 is 1.75 bits per heavy atom. The maximum Gasteiger partial charge on any atom is 0.302 e. The van der Waals surface area contributed by atoms with Crippen molar-refractivity contribution in [2.45, 2.75) is 125 Å². The zero-order valence-corrected chi connectivity index (χ0v) is 24.2. The number of hydrogen-bond acceptors (Lipinski definition) is 4. The van der Waals surface area contributed by atoms with Gasteiger partial charge < -0.3 is 15.6 Å². The van der Waals surface area contributed by atoms with E-state index in [0.717, 1.165) is 25.7 Å². The lowest BCUT2D eigenvalue weighted by Crippen LogP contribution is -2.65. The number of hydrogen-bond donors (Lipinski definition) is 2. The first kappa shape index (κ1) is 26.7. The molecule has 4 nitrogen and oxygen atoms in total. The predicted octanol–water partition coefficient (Wildman–Crippen LogP) is 6.65. The Morgan fingerprint density at radius 3 is 2.39 bits per heavy atom. The van der Waals surface area contributed by atoms with Crippen molar-refractivity contribution in [3.8, 4) is 0 Å². The first-order valence-corrected chi connectivity index (χ1v) is 15.1. The van der Waals surface area contributed by atoms with Gasteiger partial charge in [0.2, 0.25) is 0 Å². The minimum Gasteiger partial charge on any atom is -0.462 e. The van der Waals surface area contributed by atoms with E-state index < -0.39 is 6.10 Å². The van der Waals surface area contributed by atoms with Crippen molar-refractivity contribution in [3.05, 3.63) is 11.1 Å². The third-order valence-electron chi connectivity index (χ3n) is 13.4. The fraction of sp³-hybridized carbons (Fsp3) is 0.906. The van der Waals surface area contributed by atoms with E-state index in [9.17, 15) is 9.90 Å². The van der Waals surface area contributed by atoms with Gasteiger partial charge in [0.25, 0.3) is 0 Å². The molecule has 0 spiro atoms. The molecule has 0 amide bonds. The van der Waals surface area contributed by atoms with Crippen molar-refractivity contribution < 1.29 is 14.6 Å². The topological polar surface area (TPSA) is 72.5 Å². The summed E-state index contributed by atoms with van der Waals surface area (Å²) < 4.78 is 5.81. The van der Waals surface area contributed by atoms with Gasteiger partial charge in [-0.15, -0.1) is 0 Å². The summed E-state index contributed by atoms with van der Waals surface area (Å²) in [6.07, 6.45) is 11.5. The van der Waals surface area contributed by atoms with Crippen LogP contribution in [0.25, 0.3) is 0 Å². The van der Waals surface area contributed by atoms with Crippen LogP contribution in [0.5, 0.6) is 0 Å². The second-order valence-electron chi connectivity index (χ2n) is 14.7. The number of ether oxygens (including phenoxy) is 1. The smallest absolute Gasteiger partial charge is 0.302 e. The number of aliphatic hydroxyl groups is 1. The molecule has 0 radical (unpaired) electrons. The molecular weight excluding hydrogens is 446 g/mol. The van der Waals surface area contributed by atoms with Crippen LogP contribution in [0, 0.1) is 51.2 Å². The fourth-order valence-corrected chi connectivity index (χ4v) is 11.4. The highest BCUT2D eigenvalue weighted by Crippen LogP contribution is 2.76. The van der Waals surface area contributed by atoms with Gasteiger partial charge in [0.15, 0.2) is 0 Å². The van der Waals surface area contributed by atoms with Crippen LogP contribution in [0.1, 0.15) is 113 Å². The van der Waals surface area contributed by atoms with E-state index in [2.05, 4.69) is 41.5 Å². The van der Waals surface area contributed by atoms with Crippen molar-refractivity contribution in [2.75, 3.05) is 6.54 Å². The van der Waals surface area contributed by atoms with E-state index in [4.69, 9.17) is 10.5 Å². The van der Waals surface area contributed by atoms with Gasteiger partial charge in [-0.3, -0.25) is 4.79 Å². The van der Waals surface area contributed by atoms with E-state index in [0.29, 0.717) is 47.0 Å². The Hall–Kier alpha value is -0.870. The molecule has 0 aliphatic heterocycles. The summed E-state index contributed by atoms with van der Waals surface area (Å²) in [6, 6.07) is 0. The standard InChI is InChI=1S/C32H53NO3/c1-19(2)22-10-15-32(27(35)18-33)17-16-30(6)24(28(22)32)8-9-26-29(5)13-12-25(36-21(4)34)20(3)23(29)11-14-31(26,30)7/h19-20,23-27,35H,8-18,33H2,1-7H3. The Morgan fingerprint density at radius 1 is 1.03 bits per heavy atom. The first-order valence-electron chi connectivity index (χ1n) is 15.1. The molecule has 5 rings (SSSR count). The van der Waals surface area contributed by atoms with Crippen LogP contribution < -0.4 is 5.73 Å². The number of nitrogens with two attached hydrogens (primary N) is 1. The summed E-state index contributed by atoms with van der Waals surface area (Å²) in [5, 5.41) is 11.3. The van der Waals surface area contributed by atoms with Crippen molar-refractivity contribution >= 4 is 5.97 Å².